The van der Waals surface area contributed by atoms with Crippen molar-refractivity contribution in [1.82, 2.24) is 10.2 Å². The first-order valence-corrected chi connectivity index (χ1v) is 10.8. The highest BCUT2D eigenvalue weighted by Gasteiger charge is 2.39. The Morgan fingerprint density at radius 1 is 1.12 bits per heavy atom. The van der Waals surface area contributed by atoms with E-state index in [2.05, 4.69) is 5.32 Å². The van der Waals surface area contributed by atoms with E-state index < -0.39 is 23.9 Å². The summed E-state index contributed by atoms with van der Waals surface area (Å²) < 4.78 is 5.75. The lowest BCUT2D eigenvalue weighted by molar-refractivity contribution is -0.145. The van der Waals surface area contributed by atoms with Crippen LogP contribution in [-0.2, 0) is 16.0 Å². The number of hydrogen-bond donors (Lipinski definition) is 3. The third-order valence-electron chi connectivity index (χ3n) is 5.17. The summed E-state index contributed by atoms with van der Waals surface area (Å²) in [5.74, 6) is -2.29. The molecule has 1 aliphatic heterocycles. The molecule has 1 amide bonds. The molecule has 3 aromatic rings. The van der Waals surface area contributed by atoms with Crippen LogP contribution in [0, 0.1) is 0 Å². The second-order valence-corrected chi connectivity index (χ2v) is 8.20. The second kappa shape index (κ2) is 9.50. The monoisotopic (exact) mass is 496 g/mol. The van der Waals surface area contributed by atoms with E-state index in [0.717, 1.165) is 10.5 Å². The maximum absolute atomic E-state index is 13.0. The molecule has 1 unspecified atom stereocenters. The quantitative estimate of drug-likeness (QED) is 0.331. The molecule has 1 saturated heterocycles. The molecular formula is C24H17ClN2O6S. The molecule has 0 aliphatic carbocycles. The van der Waals surface area contributed by atoms with Gasteiger partial charge in [-0.15, -0.1) is 0 Å². The molecule has 1 aromatic heterocycles. The van der Waals surface area contributed by atoms with E-state index in [9.17, 15) is 24.6 Å². The van der Waals surface area contributed by atoms with Crippen molar-refractivity contribution in [2.24, 2.45) is 0 Å². The fraction of sp³-hybridized carbons (Fsp3) is 0.0833. The van der Waals surface area contributed by atoms with Gasteiger partial charge in [0.15, 0.2) is 5.11 Å². The molecule has 172 valence electrons. The second-order valence-electron chi connectivity index (χ2n) is 7.41. The molecule has 0 saturated carbocycles. The van der Waals surface area contributed by atoms with Crippen LogP contribution in [0.4, 0.5) is 0 Å². The van der Waals surface area contributed by atoms with Gasteiger partial charge in [-0.05, 0) is 48.1 Å². The number of amides is 1. The highest BCUT2D eigenvalue weighted by Crippen LogP contribution is 2.28. The molecule has 2 aromatic carbocycles. The van der Waals surface area contributed by atoms with Crippen molar-refractivity contribution in [3.05, 3.63) is 88.3 Å². The molecule has 34 heavy (non-hydrogen) atoms. The zero-order valence-electron chi connectivity index (χ0n) is 17.4. The van der Waals surface area contributed by atoms with Gasteiger partial charge >= 0.3 is 11.9 Å². The predicted molar refractivity (Wildman–Crippen MR) is 128 cm³/mol. The summed E-state index contributed by atoms with van der Waals surface area (Å²) in [7, 11) is 0. The number of benzene rings is 2. The highest BCUT2D eigenvalue weighted by atomic mass is 35.5. The Balaban J connectivity index is 1.58. The van der Waals surface area contributed by atoms with E-state index in [1.54, 1.807) is 42.5 Å². The third-order valence-corrected chi connectivity index (χ3v) is 5.80. The van der Waals surface area contributed by atoms with Crippen LogP contribution in [0.1, 0.15) is 21.7 Å². The molecule has 0 spiro atoms. The van der Waals surface area contributed by atoms with Gasteiger partial charge in [-0.1, -0.05) is 41.9 Å². The van der Waals surface area contributed by atoms with E-state index in [0.29, 0.717) is 11.3 Å². The Morgan fingerprint density at radius 2 is 1.85 bits per heavy atom. The predicted octanol–water partition coefficient (Wildman–Crippen LogP) is 4.05. The van der Waals surface area contributed by atoms with Gasteiger partial charge in [0, 0.05) is 18.1 Å². The highest BCUT2D eigenvalue weighted by molar-refractivity contribution is 7.80. The van der Waals surface area contributed by atoms with Crippen molar-refractivity contribution in [1.29, 1.82) is 0 Å². The van der Waals surface area contributed by atoms with Crippen LogP contribution in [0.15, 0.2) is 70.8 Å². The van der Waals surface area contributed by atoms with Crippen molar-refractivity contribution in [2.75, 3.05) is 0 Å². The number of aliphatic carboxylic acids is 1. The van der Waals surface area contributed by atoms with Gasteiger partial charge in [0.25, 0.3) is 5.91 Å². The van der Waals surface area contributed by atoms with Crippen LogP contribution < -0.4 is 5.32 Å². The molecule has 1 fully saturated rings. The standard InChI is InChI=1S/C24H17ClN2O6S/c25-17-8-6-14(11-16(17)22(29)30)20-9-7-15(33-20)12-18-21(28)27(24(34)26-18)19(23(31)32)10-13-4-2-1-3-5-13/h1-9,11-12,19H,10H2,(H,26,34)(H,29,30)(H,31,32). The van der Waals surface area contributed by atoms with Crippen molar-refractivity contribution < 1.29 is 29.0 Å². The van der Waals surface area contributed by atoms with Gasteiger partial charge in [0.05, 0.1) is 10.6 Å². The van der Waals surface area contributed by atoms with E-state index in [1.165, 1.54) is 18.2 Å². The van der Waals surface area contributed by atoms with Gasteiger partial charge in [-0.3, -0.25) is 9.69 Å². The van der Waals surface area contributed by atoms with Crippen LogP contribution in [-0.4, -0.2) is 44.1 Å². The summed E-state index contributed by atoms with van der Waals surface area (Å²) in [6.45, 7) is 0. The topological polar surface area (TPSA) is 120 Å². The van der Waals surface area contributed by atoms with Crippen molar-refractivity contribution in [3.8, 4) is 11.3 Å². The van der Waals surface area contributed by atoms with E-state index >= 15 is 0 Å². The SMILES string of the molecule is O=C(O)c1cc(-c2ccc(C=C3NC(=S)N(C(Cc4ccccc4)C(=O)O)C3=O)o2)ccc1Cl. The summed E-state index contributed by atoms with van der Waals surface area (Å²) in [4.78, 5) is 37.3. The molecular weight excluding hydrogens is 480 g/mol. The molecule has 2 heterocycles. The van der Waals surface area contributed by atoms with Crippen LogP contribution in [0.2, 0.25) is 5.02 Å². The number of nitrogens with one attached hydrogen (secondary N) is 1. The minimum atomic E-state index is -1.18. The largest absolute Gasteiger partial charge is 0.480 e. The summed E-state index contributed by atoms with van der Waals surface area (Å²) >= 11 is 11.2. The summed E-state index contributed by atoms with van der Waals surface area (Å²) in [6, 6.07) is 15.4. The molecule has 1 aliphatic rings. The number of carbonyl (C=O) groups is 3. The summed E-state index contributed by atoms with van der Waals surface area (Å²) in [5.41, 5.74) is 1.24. The molecule has 1 atom stereocenters. The third kappa shape index (κ3) is 4.70. The van der Waals surface area contributed by atoms with Gasteiger partial charge in [0.2, 0.25) is 0 Å². The number of thiocarbonyl (C=S) groups is 1. The average molecular weight is 497 g/mol. The Morgan fingerprint density at radius 3 is 2.53 bits per heavy atom. The maximum Gasteiger partial charge on any atom is 0.337 e. The van der Waals surface area contributed by atoms with Gasteiger partial charge in [0.1, 0.15) is 23.3 Å². The number of hydrogen-bond acceptors (Lipinski definition) is 5. The lowest BCUT2D eigenvalue weighted by Gasteiger charge is -2.22. The number of carboxylic acid groups (broad SMARTS) is 2. The number of aromatic carboxylic acids is 1. The fourth-order valence-electron chi connectivity index (χ4n) is 3.53. The first-order valence-electron chi connectivity index (χ1n) is 10.0. The molecule has 0 radical (unpaired) electrons. The number of rotatable bonds is 7. The molecule has 8 nitrogen and oxygen atoms in total. The molecule has 4 rings (SSSR count). The normalized spacial score (nSPS) is 15.4. The number of nitrogens with zero attached hydrogens (tertiary/aromatic N) is 1. The summed E-state index contributed by atoms with van der Waals surface area (Å²) in [6.07, 6.45) is 1.50. The Hall–Kier alpha value is -3.95. The lowest BCUT2D eigenvalue weighted by atomic mass is 10.0. The van der Waals surface area contributed by atoms with Crippen LogP contribution in [0.25, 0.3) is 17.4 Å². The summed E-state index contributed by atoms with van der Waals surface area (Å²) in [5, 5.41) is 21.8. The van der Waals surface area contributed by atoms with E-state index in [1.807, 2.05) is 6.07 Å². The number of furan rings is 1. The van der Waals surface area contributed by atoms with Crippen molar-refractivity contribution >= 4 is 52.9 Å². The zero-order chi connectivity index (χ0) is 24.4. The number of halogens is 1. The van der Waals surface area contributed by atoms with Gasteiger partial charge < -0.3 is 19.9 Å². The van der Waals surface area contributed by atoms with Crippen molar-refractivity contribution in [2.45, 2.75) is 12.5 Å². The number of carboxylic acids is 2. The molecule has 0 bridgehead atoms. The first-order chi connectivity index (χ1) is 16.2. The number of carbonyl (C=O) groups excluding carboxylic acids is 1. The Bertz CT molecular complexity index is 1330. The van der Waals surface area contributed by atoms with Gasteiger partial charge in [-0.25, -0.2) is 9.59 Å². The average Bonchev–Trinajstić information content (AvgIpc) is 3.37. The smallest absolute Gasteiger partial charge is 0.337 e. The fourth-order valence-corrected chi connectivity index (χ4v) is 4.05. The van der Waals surface area contributed by atoms with E-state index in [4.69, 9.17) is 28.2 Å². The Labute approximate surface area is 204 Å². The van der Waals surface area contributed by atoms with Crippen LogP contribution >= 0.6 is 23.8 Å². The maximum atomic E-state index is 13.0. The molecule has 10 heteroatoms. The first kappa shape index (κ1) is 23.2. The minimum absolute atomic E-state index is 0.0184. The minimum Gasteiger partial charge on any atom is -0.480 e. The van der Waals surface area contributed by atoms with Crippen LogP contribution in [0.5, 0.6) is 0 Å². The van der Waals surface area contributed by atoms with Crippen LogP contribution in [0.3, 0.4) is 0 Å². The van der Waals surface area contributed by atoms with Crippen molar-refractivity contribution in [3.63, 3.8) is 0 Å². The van der Waals surface area contributed by atoms with Gasteiger partial charge in [-0.2, -0.15) is 0 Å². The Kier molecular flexibility index (Phi) is 6.49. The zero-order valence-corrected chi connectivity index (χ0v) is 19.0. The lowest BCUT2D eigenvalue weighted by Crippen LogP contribution is -2.46. The van der Waals surface area contributed by atoms with E-state index in [-0.39, 0.29) is 33.6 Å². The molecule has 3 N–H and O–H groups in total.